The van der Waals surface area contributed by atoms with Gasteiger partial charge >= 0.3 is 0 Å². The van der Waals surface area contributed by atoms with Crippen molar-refractivity contribution in [2.75, 3.05) is 0 Å². The van der Waals surface area contributed by atoms with Gasteiger partial charge in [-0.2, -0.15) is 0 Å². The fourth-order valence-corrected chi connectivity index (χ4v) is 3.26. The lowest BCUT2D eigenvalue weighted by Crippen LogP contribution is -2.08. The molecule has 0 amide bonds. The monoisotopic (exact) mass is 226 g/mol. The molecule has 3 rings (SSSR count). The lowest BCUT2D eigenvalue weighted by molar-refractivity contribution is 0.513. The van der Waals surface area contributed by atoms with Crippen molar-refractivity contribution in [3.05, 3.63) is 46.0 Å². The lowest BCUT2D eigenvalue weighted by atomic mass is 9.79. The summed E-state index contributed by atoms with van der Waals surface area (Å²) in [6, 6.07) is 6.81. The third-order valence-electron chi connectivity index (χ3n) is 4.68. The summed E-state index contributed by atoms with van der Waals surface area (Å²) < 4.78 is 0. The Morgan fingerprint density at radius 3 is 2.18 bits per heavy atom. The molecule has 17 heavy (non-hydrogen) atoms. The average molecular weight is 226 g/mol. The van der Waals surface area contributed by atoms with E-state index in [9.17, 15) is 0 Å². The predicted octanol–water partition coefficient (Wildman–Crippen LogP) is 5.05. The number of allylic oxidation sites excluding steroid dienone is 2. The molecule has 0 nitrogen and oxygen atoms in total. The van der Waals surface area contributed by atoms with Gasteiger partial charge in [0.2, 0.25) is 0 Å². The topological polar surface area (TPSA) is 0 Å². The van der Waals surface area contributed by atoms with Gasteiger partial charge in [0.15, 0.2) is 0 Å². The van der Waals surface area contributed by atoms with E-state index in [1.807, 2.05) is 5.57 Å². The van der Waals surface area contributed by atoms with Crippen molar-refractivity contribution < 1.29 is 0 Å². The maximum atomic E-state index is 2.35. The molecule has 1 aromatic carbocycles. The molecule has 0 N–H and O–H groups in total. The van der Waals surface area contributed by atoms with Crippen LogP contribution >= 0.6 is 0 Å². The minimum absolute atomic E-state index is 0.818. The van der Waals surface area contributed by atoms with Crippen LogP contribution in [0.1, 0.15) is 61.1 Å². The van der Waals surface area contributed by atoms with Gasteiger partial charge in [-0.15, -0.1) is 0 Å². The lowest BCUT2D eigenvalue weighted by Gasteiger charge is -2.26. The first kappa shape index (κ1) is 11.1. The maximum Gasteiger partial charge on any atom is -0.0153 e. The molecule has 0 heteroatoms. The standard InChI is InChI=1S/C17H22/c1-12-4-3-5-17(13(12)2)16-10-8-15(9-11-16)14-6-7-14/h3-5,16H,6-11H2,1-2H3. The summed E-state index contributed by atoms with van der Waals surface area (Å²) >= 11 is 0. The van der Waals surface area contributed by atoms with Crippen LogP contribution < -0.4 is 0 Å². The van der Waals surface area contributed by atoms with Gasteiger partial charge in [0.1, 0.15) is 0 Å². The highest BCUT2D eigenvalue weighted by molar-refractivity contribution is 5.37. The quantitative estimate of drug-likeness (QED) is 0.588. The Balaban J connectivity index is 1.78. The van der Waals surface area contributed by atoms with Gasteiger partial charge in [-0.25, -0.2) is 0 Å². The van der Waals surface area contributed by atoms with E-state index >= 15 is 0 Å². The van der Waals surface area contributed by atoms with Crippen LogP contribution in [0, 0.1) is 13.8 Å². The van der Waals surface area contributed by atoms with Crippen LogP contribution in [0.5, 0.6) is 0 Å². The minimum atomic E-state index is 0.818. The molecular formula is C17H22. The molecule has 1 aromatic rings. The average Bonchev–Trinajstić information content (AvgIpc) is 3.17. The van der Waals surface area contributed by atoms with Crippen LogP contribution in [-0.4, -0.2) is 0 Å². The fraction of sp³-hybridized carbons (Fsp3) is 0.529. The van der Waals surface area contributed by atoms with E-state index in [2.05, 4.69) is 32.0 Å². The van der Waals surface area contributed by atoms with E-state index in [1.54, 1.807) is 11.1 Å². The van der Waals surface area contributed by atoms with E-state index in [4.69, 9.17) is 0 Å². The van der Waals surface area contributed by atoms with Crippen LogP contribution in [0.4, 0.5) is 0 Å². The SMILES string of the molecule is Cc1cccc(C2CCC(=C3CC3)CC2)c1C. The van der Waals surface area contributed by atoms with Crippen molar-refractivity contribution in [3.63, 3.8) is 0 Å². The first-order valence-corrected chi connectivity index (χ1v) is 7.01. The zero-order valence-electron chi connectivity index (χ0n) is 11.1. The number of hydrogen-bond acceptors (Lipinski definition) is 0. The number of benzene rings is 1. The molecule has 2 saturated carbocycles. The van der Waals surface area contributed by atoms with E-state index in [1.165, 1.54) is 49.7 Å². The summed E-state index contributed by atoms with van der Waals surface area (Å²) in [5.41, 5.74) is 8.20. The third kappa shape index (κ3) is 2.18. The Labute approximate surface area is 105 Å². The smallest absolute Gasteiger partial charge is 0.0153 e. The molecule has 0 bridgehead atoms. The van der Waals surface area contributed by atoms with Gasteiger partial charge in [0.05, 0.1) is 0 Å². The van der Waals surface area contributed by atoms with Crippen LogP contribution in [-0.2, 0) is 0 Å². The van der Waals surface area contributed by atoms with Gasteiger partial charge in [-0.1, -0.05) is 29.3 Å². The first-order valence-electron chi connectivity index (χ1n) is 7.01. The zero-order valence-corrected chi connectivity index (χ0v) is 11.1. The van der Waals surface area contributed by atoms with Crippen molar-refractivity contribution in [1.82, 2.24) is 0 Å². The second-order valence-electron chi connectivity index (χ2n) is 5.77. The molecule has 0 spiro atoms. The molecular weight excluding hydrogens is 204 g/mol. The van der Waals surface area contributed by atoms with Gasteiger partial charge in [0, 0.05) is 0 Å². The normalized spacial score (nSPS) is 24.0. The van der Waals surface area contributed by atoms with E-state index in [0.29, 0.717) is 0 Å². The first-order chi connectivity index (χ1) is 8.25. The Morgan fingerprint density at radius 1 is 0.882 bits per heavy atom. The van der Waals surface area contributed by atoms with Gasteiger partial charge in [-0.05, 0) is 75.0 Å². The summed E-state index contributed by atoms with van der Waals surface area (Å²) in [5.74, 6) is 0.818. The number of rotatable bonds is 1. The second kappa shape index (κ2) is 4.33. The second-order valence-corrected chi connectivity index (χ2v) is 5.77. The fourth-order valence-electron chi connectivity index (χ4n) is 3.26. The Hall–Kier alpha value is -1.04. The van der Waals surface area contributed by atoms with Crippen LogP contribution in [0.2, 0.25) is 0 Å². The molecule has 0 unspecified atom stereocenters. The van der Waals surface area contributed by atoms with Crippen molar-refractivity contribution in [1.29, 1.82) is 0 Å². The summed E-state index contributed by atoms with van der Waals surface area (Å²) in [6.07, 6.45) is 8.31. The van der Waals surface area contributed by atoms with Crippen LogP contribution in [0.25, 0.3) is 0 Å². The van der Waals surface area contributed by atoms with E-state index in [-0.39, 0.29) is 0 Å². The van der Waals surface area contributed by atoms with Crippen LogP contribution in [0.3, 0.4) is 0 Å². The molecule has 90 valence electrons. The van der Waals surface area contributed by atoms with E-state index < -0.39 is 0 Å². The van der Waals surface area contributed by atoms with Crippen LogP contribution in [0.15, 0.2) is 29.3 Å². The Kier molecular flexibility index (Phi) is 2.82. The number of hydrogen-bond donors (Lipinski definition) is 0. The predicted molar refractivity (Wildman–Crippen MR) is 73.4 cm³/mol. The Morgan fingerprint density at radius 2 is 1.53 bits per heavy atom. The summed E-state index contributed by atoms with van der Waals surface area (Å²) in [6.45, 7) is 4.53. The highest BCUT2D eigenvalue weighted by Gasteiger charge is 2.24. The molecule has 2 fully saturated rings. The largest absolute Gasteiger partial charge is 0.0709 e. The van der Waals surface area contributed by atoms with Gasteiger partial charge in [-0.3, -0.25) is 0 Å². The van der Waals surface area contributed by atoms with Crippen molar-refractivity contribution in [3.8, 4) is 0 Å². The molecule has 2 aliphatic rings. The van der Waals surface area contributed by atoms with Crippen molar-refractivity contribution in [2.24, 2.45) is 0 Å². The molecule has 0 radical (unpaired) electrons. The highest BCUT2D eigenvalue weighted by Crippen LogP contribution is 2.43. The molecule has 2 aliphatic carbocycles. The van der Waals surface area contributed by atoms with Crippen molar-refractivity contribution in [2.45, 2.75) is 58.3 Å². The summed E-state index contributed by atoms with van der Waals surface area (Å²) in [4.78, 5) is 0. The maximum absolute atomic E-state index is 2.35. The Bertz CT molecular complexity index is 449. The van der Waals surface area contributed by atoms with Gasteiger partial charge in [0.25, 0.3) is 0 Å². The molecule has 0 aliphatic heterocycles. The minimum Gasteiger partial charge on any atom is -0.0709 e. The number of aryl methyl sites for hydroxylation is 1. The van der Waals surface area contributed by atoms with E-state index in [0.717, 1.165) is 5.92 Å². The zero-order chi connectivity index (χ0) is 11.8. The molecule has 0 atom stereocenters. The molecule has 0 aromatic heterocycles. The third-order valence-corrected chi connectivity index (χ3v) is 4.68. The highest BCUT2D eigenvalue weighted by atomic mass is 14.3. The van der Waals surface area contributed by atoms with Crippen molar-refractivity contribution >= 4 is 0 Å². The van der Waals surface area contributed by atoms with Gasteiger partial charge < -0.3 is 0 Å². The summed E-state index contributed by atoms with van der Waals surface area (Å²) in [5, 5.41) is 0. The molecule has 0 heterocycles. The molecule has 0 saturated heterocycles. The summed E-state index contributed by atoms with van der Waals surface area (Å²) in [7, 11) is 0.